The number of carbonyl (C=O) groups excluding carboxylic acids is 1. The van der Waals surface area contributed by atoms with Crippen LogP contribution in [0.1, 0.15) is 35.8 Å². The van der Waals surface area contributed by atoms with Gasteiger partial charge in [-0.05, 0) is 64.5 Å². The molecule has 26 heavy (non-hydrogen) atoms. The van der Waals surface area contributed by atoms with Crippen LogP contribution in [0.3, 0.4) is 0 Å². The van der Waals surface area contributed by atoms with Gasteiger partial charge in [0, 0.05) is 24.7 Å². The second-order valence-corrected chi connectivity index (χ2v) is 9.92. The Morgan fingerprint density at radius 2 is 2.04 bits per heavy atom. The van der Waals surface area contributed by atoms with Gasteiger partial charge < -0.3 is 9.47 Å². The van der Waals surface area contributed by atoms with Crippen molar-refractivity contribution in [2.45, 2.75) is 26.3 Å². The van der Waals surface area contributed by atoms with Gasteiger partial charge in [0.2, 0.25) is 0 Å². The molecule has 0 spiro atoms. The molecule has 3 aromatic rings. The molecule has 0 atom stereocenters. The summed E-state index contributed by atoms with van der Waals surface area (Å²) >= 11 is 11.4. The topological polar surface area (TPSA) is 25.2 Å². The molecule has 3 nitrogen and oxygen atoms in total. The van der Waals surface area contributed by atoms with E-state index in [4.69, 9.17) is 11.6 Å². The molecule has 0 saturated carbocycles. The summed E-state index contributed by atoms with van der Waals surface area (Å²) in [7, 11) is 0. The largest absolute Gasteiger partial charge is 0.337 e. The number of nitrogens with zero attached hydrogens (tertiary/aromatic N) is 2. The number of likely N-dealkylation sites (tertiary alicyclic amines) is 1. The standard InChI is InChI=1S/C20H20BrClN2OS/c1-13-5-7-23(8-6-13)20(25)17-10-18-16(11-19(21)26-18)24(17)12-14-3-2-4-15(22)9-14/h2-4,9-11,13H,5-8,12H2,1H3. The average Bonchev–Trinajstić information content (AvgIpc) is 3.12. The quantitative estimate of drug-likeness (QED) is 0.476. The number of hydrogen-bond donors (Lipinski definition) is 0. The Kier molecular flexibility index (Phi) is 5.13. The van der Waals surface area contributed by atoms with Crippen molar-refractivity contribution in [1.82, 2.24) is 9.47 Å². The number of hydrogen-bond acceptors (Lipinski definition) is 2. The number of amides is 1. The predicted molar refractivity (Wildman–Crippen MR) is 112 cm³/mol. The van der Waals surface area contributed by atoms with Gasteiger partial charge in [-0.2, -0.15) is 0 Å². The maximum atomic E-state index is 13.2. The molecule has 0 aliphatic carbocycles. The zero-order valence-corrected chi connectivity index (χ0v) is 17.7. The number of aromatic nitrogens is 1. The molecule has 0 bridgehead atoms. The van der Waals surface area contributed by atoms with Gasteiger partial charge in [0.15, 0.2) is 0 Å². The molecule has 2 aromatic heterocycles. The Labute approximate surface area is 170 Å². The zero-order valence-electron chi connectivity index (χ0n) is 14.5. The highest BCUT2D eigenvalue weighted by Crippen LogP contribution is 2.34. The Morgan fingerprint density at radius 3 is 2.77 bits per heavy atom. The molecular weight excluding hydrogens is 432 g/mol. The fraction of sp³-hybridized carbons (Fsp3) is 0.350. The monoisotopic (exact) mass is 450 g/mol. The Morgan fingerprint density at radius 1 is 1.27 bits per heavy atom. The van der Waals surface area contributed by atoms with Crippen molar-refractivity contribution >= 4 is 55.0 Å². The molecular formula is C20H20BrClN2OS. The van der Waals surface area contributed by atoms with E-state index in [-0.39, 0.29) is 5.91 Å². The summed E-state index contributed by atoms with van der Waals surface area (Å²) in [6.45, 7) is 4.59. The van der Waals surface area contributed by atoms with Crippen LogP contribution >= 0.6 is 38.9 Å². The van der Waals surface area contributed by atoms with Crippen LogP contribution in [0, 0.1) is 5.92 Å². The van der Waals surface area contributed by atoms with Crippen molar-refractivity contribution in [3.05, 3.63) is 56.5 Å². The predicted octanol–water partition coefficient (Wildman–Crippen LogP) is 6.04. The highest BCUT2D eigenvalue weighted by atomic mass is 79.9. The van der Waals surface area contributed by atoms with Crippen LogP contribution in [0.2, 0.25) is 5.02 Å². The Bertz CT molecular complexity index is 956. The van der Waals surface area contributed by atoms with E-state index in [2.05, 4.69) is 39.6 Å². The van der Waals surface area contributed by atoms with Crippen molar-refractivity contribution in [2.24, 2.45) is 5.92 Å². The summed E-state index contributed by atoms with van der Waals surface area (Å²) in [6.07, 6.45) is 2.17. The fourth-order valence-corrected chi connectivity index (χ4v) is 5.33. The molecule has 1 aromatic carbocycles. The molecule has 4 rings (SSSR count). The van der Waals surface area contributed by atoms with Crippen molar-refractivity contribution in [3.8, 4) is 0 Å². The van der Waals surface area contributed by atoms with Gasteiger partial charge in [-0.1, -0.05) is 30.7 Å². The lowest BCUT2D eigenvalue weighted by Crippen LogP contribution is -2.38. The van der Waals surface area contributed by atoms with Crippen molar-refractivity contribution in [2.75, 3.05) is 13.1 Å². The Hall–Kier alpha value is -1.30. The first-order valence-corrected chi connectivity index (χ1v) is 10.8. The molecule has 1 aliphatic heterocycles. The zero-order chi connectivity index (χ0) is 18.3. The van der Waals surface area contributed by atoms with E-state index in [0.717, 1.165) is 56.2 Å². The molecule has 0 unspecified atom stereocenters. The summed E-state index contributed by atoms with van der Waals surface area (Å²) in [6, 6.07) is 12.0. The summed E-state index contributed by atoms with van der Waals surface area (Å²) in [5.41, 5.74) is 2.96. The lowest BCUT2D eigenvalue weighted by atomic mass is 9.99. The molecule has 1 amide bonds. The Balaban J connectivity index is 1.72. The van der Waals surface area contributed by atoms with Gasteiger partial charge in [-0.3, -0.25) is 4.79 Å². The molecule has 1 saturated heterocycles. The lowest BCUT2D eigenvalue weighted by Gasteiger charge is -2.30. The van der Waals surface area contributed by atoms with Crippen molar-refractivity contribution < 1.29 is 4.79 Å². The van der Waals surface area contributed by atoms with E-state index >= 15 is 0 Å². The number of halogens is 2. The second kappa shape index (κ2) is 7.37. The lowest BCUT2D eigenvalue weighted by molar-refractivity contribution is 0.0687. The molecule has 136 valence electrons. The smallest absolute Gasteiger partial charge is 0.270 e. The minimum Gasteiger partial charge on any atom is -0.337 e. The molecule has 1 aliphatic rings. The summed E-state index contributed by atoms with van der Waals surface area (Å²) < 4.78 is 4.34. The van der Waals surface area contributed by atoms with Crippen LogP contribution < -0.4 is 0 Å². The van der Waals surface area contributed by atoms with E-state index in [9.17, 15) is 4.79 Å². The van der Waals surface area contributed by atoms with Gasteiger partial charge >= 0.3 is 0 Å². The first-order valence-electron chi connectivity index (χ1n) is 8.83. The minimum atomic E-state index is 0.137. The number of fused-ring (bicyclic) bond motifs is 1. The second-order valence-electron chi connectivity index (χ2n) is 7.02. The number of thiophene rings is 1. The average molecular weight is 452 g/mol. The van der Waals surface area contributed by atoms with E-state index < -0.39 is 0 Å². The van der Waals surface area contributed by atoms with Crippen LogP contribution in [0.4, 0.5) is 0 Å². The summed E-state index contributed by atoms with van der Waals surface area (Å²) in [4.78, 5) is 15.2. The van der Waals surface area contributed by atoms with Crippen molar-refractivity contribution in [1.29, 1.82) is 0 Å². The third-order valence-electron chi connectivity index (χ3n) is 5.08. The molecule has 0 radical (unpaired) electrons. The van der Waals surface area contributed by atoms with Gasteiger partial charge in [-0.25, -0.2) is 0 Å². The molecule has 1 fully saturated rings. The number of piperidine rings is 1. The van der Waals surface area contributed by atoms with E-state index in [1.54, 1.807) is 11.3 Å². The maximum absolute atomic E-state index is 13.2. The minimum absolute atomic E-state index is 0.137. The molecule has 6 heteroatoms. The highest BCUT2D eigenvalue weighted by Gasteiger charge is 2.25. The van der Waals surface area contributed by atoms with E-state index in [1.165, 1.54) is 0 Å². The maximum Gasteiger partial charge on any atom is 0.270 e. The van der Waals surface area contributed by atoms with Crippen LogP contribution in [0.5, 0.6) is 0 Å². The first kappa shape index (κ1) is 18.1. The third kappa shape index (κ3) is 3.57. The van der Waals surface area contributed by atoms with E-state index in [1.807, 2.05) is 29.2 Å². The van der Waals surface area contributed by atoms with Crippen molar-refractivity contribution in [3.63, 3.8) is 0 Å². The van der Waals surface area contributed by atoms with E-state index in [0.29, 0.717) is 12.5 Å². The fourth-order valence-electron chi connectivity index (χ4n) is 3.55. The summed E-state index contributed by atoms with van der Waals surface area (Å²) in [5.74, 6) is 0.843. The third-order valence-corrected chi connectivity index (χ3v) is 6.89. The van der Waals surface area contributed by atoms with Gasteiger partial charge in [-0.15, -0.1) is 11.3 Å². The van der Waals surface area contributed by atoms with Crippen LogP contribution in [-0.4, -0.2) is 28.5 Å². The molecule has 0 N–H and O–H groups in total. The molecule has 3 heterocycles. The number of carbonyl (C=O) groups is 1. The van der Waals surface area contributed by atoms with Gasteiger partial charge in [0.25, 0.3) is 5.91 Å². The van der Waals surface area contributed by atoms with Gasteiger partial charge in [0.1, 0.15) is 5.69 Å². The first-order chi connectivity index (χ1) is 12.5. The number of benzene rings is 1. The highest BCUT2D eigenvalue weighted by molar-refractivity contribution is 9.11. The number of rotatable bonds is 3. The van der Waals surface area contributed by atoms with Crippen LogP contribution in [-0.2, 0) is 6.54 Å². The summed E-state index contributed by atoms with van der Waals surface area (Å²) in [5, 5.41) is 0.718. The normalized spacial score (nSPS) is 15.7. The van der Waals surface area contributed by atoms with Crippen LogP contribution in [0.25, 0.3) is 10.2 Å². The van der Waals surface area contributed by atoms with Crippen LogP contribution in [0.15, 0.2) is 40.2 Å². The van der Waals surface area contributed by atoms with Gasteiger partial charge in [0.05, 0.1) is 14.0 Å². The SMILES string of the molecule is CC1CCN(C(=O)c2cc3sc(Br)cc3n2Cc2cccc(Cl)c2)CC1.